The molecule has 0 aromatic heterocycles. The van der Waals surface area contributed by atoms with Gasteiger partial charge >= 0.3 is 5.97 Å². The molecule has 0 spiro atoms. The number of allylic oxidation sites excluding steroid dienone is 2. The third-order valence-corrected chi connectivity index (χ3v) is 3.94. The summed E-state index contributed by atoms with van der Waals surface area (Å²) in [6.45, 7) is 0. The standard InChI is InChI=1S/C16H17ClN2O4/c17-11-7-5-10(6-8-11)9-14(20)18-19-15(21)12-3-1-2-4-13(12)16(22)23/h1-2,5-8,12-13H,3-4,9H2,(H,18,20)(H,19,21)(H,22,23)/t12-,13-/m1/s1. The van der Waals surface area contributed by atoms with Crippen molar-refractivity contribution in [1.29, 1.82) is 0 Å². The van der Waals surface area contributed by atoms with E-state index in [9.17, 15) is 14.4 Å². The van der Waals surface area contributed by atoms with Crippen LogP contribution in [0, 0.1) is 11.8 Å². The Morgan fingerprint density at radius 1 is 1.04 bits per heavy atom. The van der Waals surface area contributed by atoms with Crippen molar-refractivity contribution >= 4 is 29.4 Å². The Balaban J connectivity index is 1.85. The molecule has 3 N–H and O–H groups in total. The summed E-state index contributed by atoms with van der Waals surface area (Å²) in [5.41, 5.74) is 5.38. The Morgan fingerprint density at radius 2 is 1.65 bits per heavy atom. The molecule has 0 unspecified atom stereocenters. The topological polar surface area (TPSA) is 95.5 Å². The number of rotatable bonds is 4. The number of hydrogen-bond donors (Lipinski definition) is 3. The first-order valence-corrected chi connectivity index (χ1v) is 7.56. The molecule has 2 atom stereocenters. The number of carboxylic acids is 1. The fraction of sp³-hybridized carbons (Fsp3) is 0.312. The Labute approximate surface area is 138 Å². The minimum absolute atomic E-state index is 0.0877. The van der Waals surface area contributed by atoms with Gasteiger partial charge in [-0.15, -0.1) is 0 Å². The molecule has 122 valence electrons. The highest BCUT2D eigenvalue weighted by Gasteiger charge is 2.34. The quantitative estimate of drug-likeness (QED) is 0.576. The summed E-state index contributed by atoms with van der Waals surface area (Å²) in [6.07, 6.45) is 4.27. The highest BCUT2D eigenvalue weighted by atomic mass is 35.5. The van der Waals surface area contributed by atoms with Gasteiger partial charge in [0.2, 0.25) is 11.8 Å². The fourth-order valence-corrected chi connectivity index (χ4v) is 2.56. The second-order valence-corrected chi connectivity index (χ2v) is 5.77. The van der Waals surface area contributed by atoms with Crippen molar-refractivity contribution in [2.45, 2.75) is 19.3 Å². The Morgan fingerprint density at radius 3 is 2.26 bits per heavy atom. The van der Waals surface area contributed by atoms with Crippen molar-refractivity contribution in [3.05, 3.63) is 47.0 Å². The number of aliphatic carboxylic acids is 1. The predicted molar refractivity (Wildman–Crippen MR) is 84.4 cm³/mol. The molecule has 6 nitrogen and oxygen atoms in total. The maximum Gasteiger partial charge on any atom is 0.307 e. The van der Waals surface area contributed by atoms with Gasteiger partial charge in [-0.2, -0.15) is 0 Å². The zero-order chi connectivity index (χ0) is 16.8. The van der Waals surface area contributed by atoms with Crippen LogP contribution in [0.4, 0.5) is 0 Å². The van der Waals surface area contributed by atoms with Gasteiger partial charge in [-0.25, -0.2) is 0 Å². The number of carbonyl (C=O) groups excluding carboxylic acids is 2. The first-order valence-electron chi connectivity index (χ1n) is 7.18. The minimum atomic E-state index is -1.01. The molecule has 1 aliphatic carbocycles. The monoisotopic (exact) mass is 336 g/mol. The number of carbonyl (C=O) groups is 3. The van der Waals surface area contributed by atoms with E-state index in [2.05, 4.69) is 10.9 Å². The zero-order valence-electron chi connectivity index (χ0n) is 12.3. The number of nitrogens with one attached hydrogen (secondary N) is 2. The van der Waals surface area contributed by atoms with Crippen LogP contribution in [0.5, 0.6) is 0 Å². The lowest BCUT2D eigenvalue weighted by Crippen LogP contribution is -2.47. The predicted octanol–water partition coefficient (Wildman–Crippen LogP) is 1.70. The van der Waals surface area contributed by atoms with Gasteiger partial charge in [-0.1, -0.05) is 35.9 Å². The van der Waals surface area contributed by atoms with E-state index in [0.717, 1.165) is 5.56 Å². The lowest BCUT2D eigenvalue weighted by Gasteiger charge is -2.24. The Hall–Kier alpha value is -2.34. The van der Waals surface area contributed by atoms with Crippen LogP contribution in [-0.4, -0.2) is 22.9 Å². The van der Waals surface area contributed by atoms with Crippen molar-refractivity contribution in [3.63, 3.8) is 0 Å². The lowest BCUT2D eigenvalue weighted by molar-refractivity contribution is -0.147. The average molecular weight is 337 g/mol. The molecule has 1 aromatic carbocycles. The molecule has 7 heteroatoms. The molecule has 0 aliphatic heterocycles. The van der Waals surface area contributed by atoms with E-state index in [1.54, 1.807) is 36.4 Å². The first kappa shape index (κ1) is 17.0. The lowest BCUT2D eigenvalue weighted by atomic mass is 9.82. The van der Waals surface area contributed by atoms with Gasteiger partial charge in [0.1, 0.15) is 0 Å². The van der Waals surface area contributed by atoms with Crippen molar-refractivity contribution in [2.24, 2.45) is 11.8 Å². The molecule has 0 bridgehead atoms. The van der Waals surface area contributed by atoms with Gasteiger partial charge in [0.05, 0.1) is 18.3 Å². The maximum absolute atomic E-state index is 12.1. The minimum Gasteiger partial charge on any atom is -0.481 e. The van der Waals surface area contributed by atoms with Crippen LogP contribution < -0.4 is 10.9 Å². The summed E-state index contributed by atoms with van der Waals surface area (Å²) in [6, 6.07) is 6.79. The molecule has 0 heterocycles. The molecular weight excluding hydrogens is 320 g/mol. The zero-order valence-corrected chi connectivity index (χ0v) is 13.0. The van der Waals surface area contributed by atoms with E-state index in [1.165, 1.54) is 0 Å². The van der Waals surface area contributed by atoms with Crippen LogP contribution >= 0.6 is 11.6 Å². The summed E-state index contributed by atoms with van der Waals surface area (Å²) in [5.74, 6) is -3.35. The third kappa shape index (κ3) is 4.82. The summed E-state index contributed by atoms with van der Waals surface area (Å²) in [7, 11) is 0. The molecule has 2 rings (SSSR count). The molecule has 0 fully saturated rings. The molecule has 1 aliphatic rings. The van der Waals surface area contributed by atoms with Crippen LogP contribution in [0.25, 0.3) is 0 Å². The van der Waals surface area contributed by atoms with Crippen molar-refractivity contribution in [2.75, 3.05) is 0 Å². The van der Waals surface area contributed by atoms with Gasteiger partial charge in [-0.3, -0.25) is 25.2 Å². The van der Waals surface area contributed by atoms with Crippen LogP contribution in [0.3, 0.4) is 0 Å². The normalized spacial score (nSPS) is 19.9. The number of carboxylic acid groups (broad SMARTS) is 1. The van der Waals surface area contributed by atoms with E-state index < -0.39 is 23.7 Å². The van der Waals surface area contributed by atoms with Gasteiger partial charge in [0.25, 0.3) is 0 Å². The highest BCUT2D eigenvalue weighted by Crippen LogP contribution is 2.25. The number of hydrazine groups is 1. The second-order valence-electron chi connectivity index (χ2n) is 5.33. The SMILES string of the molecule is O=C(Cc1ccc(Cl)cc1)NNC(=O)[C@@H]1CC=CC[C@H]1C(=O)O. The van der Waals surface area contributed by atoms with Crippen molar-refractivity contribution < 1.29 is 19.5 Å². The van der Waals surface area contributed by atoms with Crippen molar-refractivity contribution in [1.82, 2.24) is 10.9 Å². The van der Waals surface area contributed by atoms with E-state index in [1.807, 2.05) is 0 Å². The van der Waals surface area contributed by atoms with Crippen LogP contribution in [0.15, 0.2) is 36.4 Å². The van der Waals surface area contributed by atoms with Gasteiger partial charge < -0.3 is 5.11 Å². The molecule has 1 aromatic rings. The Kier molecular flexibility index (Phi) is 5.76. The second kappa shape index (κ2) is 7.78. The first-order chi connectivity index (χ1) is 11.0. The number of halogens is 1. The molecule has 0 saturated heterocycles. The fourth-order valence-electron chi connectivity index (χ4n) is 2.43. The van der Waals surface area contributed by atoms with Crippen LogP contribution in [0.1, 0.15) is 18.4 Å². The molecule has 2 amide bonds. The van der Waals surface area contributed by atoms with E-state index in [-0.39, 0.29) is 12.3 Å². The van der Waals surface area contributed by atoms with Crippen LogP contribution in [-0.2, 0) is 20.8 Å². The Bertz CT molecular complexity index is 627. The molecular formula is C16H17ClN2O4. The summed E-state index contributed by atoms with van der Waals surface area (Å²) in [4.78, 5) is 35.0. The molecule has 0 saturated carbocycles. The summed E-state index contributed by atoms with van der Waals surface area (Å²) < 4.78 is 0. The van der Waals surface area contributed by atoms with Crippen LogP contribution in [0.2, 0.25) is 5.02 Å². The molecule has 0 radical (unpaired) electrons. The third-order valence-electron chi connectivity index (χ3n) is 3.69. The maximum atomic E-state index is 12.1. The van der Waals surface area contributed by atoms with E-state index in [0.29, 0.717) is 17.9 Å². The average Bonchev–Trinajstić information content (AvgIpc) is 2.54. The largest absolute Gasteiger partial charge is 0.481 e. The van der Waals surface area contributed by atoms with Gasteiger partial charge in [0.15, 0.2) is 0 Å². The number of amides is 2. The van der Waals surface area contributed by atoms with E-state index in [4.69, 9.17) is 16.7 Å². The highest BCUT2D eigenvalue weighted by molar-refractivity contribution is 6.30. The summed E-state index contributed by atoms with van der Waals surface area (Å²) >= 11 is 5.77. The smallest absolute Gasteiger partial charge is 0.307 e. The number of hydrogen-bond acceptors (Lipinski definition) is 3. The molecule has 23 heavy (non-hydrogen) atoms. The van der Waals surface area contributed by atoms with Gasteiger partial charge in [-0.05, 0) is 30.5 Å². The summed E-state index contributed by atoms with van der Waals surface area (Å²) in [5, 5.41) is 9.72. The van der Waals surface area contributed by atoms with Crippen molar-refractivity contribution in [3.8, 4) is 0 Å². The van der Waals surface area contributed by atoms with E-state index >= 15 is 0 Å². The number of benzene rings is 1. The van der Waals surface area contributed by atoms with Gasteiger partial charge in [0, 0.05) is 5.02 Å².